The molecule has 6 heteroatoms. The van der Waals surface area contributed by atoms with Crippen molar-refractivity contribution in [1.82, 2.24) is 4.98 Å². The molecule has 0 unspecified atom stereocenters. The van der Waals surface area contributed by atoms with Crippen molar-refractivity contribution in [1.29, 1.82) is 0 Å². The lowest BCUT2D eigenvalue weighted by atomic mass is 10.0. The summed E-state index contributed by atoms with van der Waals surface area (Å²) in [5, 5.41) is 0. The first-order valence-electron chi connectivity index (χ1n) is 14.0. The highest BCUT2D eigenvalue weighted by atomic mass is 16.6. The Morgan fingerprint density at radius 2 is 1.65 bits per heavy atom. The Morgan fingerprint density at radius 3 is 2.40 bits per heavy atom. The van der Waals surface area contributed by atoms with E-state index in [0.717, 1.165) is 53.0 Å². The first-order chi connectivity index (χ1) is 19.3. The maximum absolute atomic E-state index is 12.4. The van der Waals surface area contributed by atoms with Gasteiger partial charge in [-0.15, -0.1) is 0 Å². The second-order valence-corrected chi connectivity index (χ2v) is 10.3. The van der Waals surface area contributed by atoms with Crippen molar-refractivity contribution in [2.75, 3.05) is 13.2 Å². The van der Waals surface area contributed by atoms with Crippen LogP contribution in [0.4, 0.5) is 0 Å². The molecule has 40 heavy (non-hydrogen) atoms. The highest BCUT2D eigenvalue weighted by molar-refractivity contribution is 5.79. The van der Waals surface area contributed by atoms with Crippen molar-refractivity contribution in [3.63, 3.8) is 0 Å². The minimum absolute atomic E-state index is 0.305. The summed E-state index contributed by atoms with van der Waals surface area (Å²) in [7, 11) is 0. The molecule has 0 N–H and O–H groups in total. The first kappa shape index (κ1) is 28.9. The number of carbonyl (C=O) groups is 1. The van der Waals surface area contributed by atoms with E-state index >= 15 is 0 Å². The van der Waals surface area contributed by atoms with Gasteiger partial charge in [-0.3, -0.25) is 0 Å². The molecule has 0 fully saturated rings. The molecule has 3 aromatic carbocycles. The molecule has 0 spiro atoms. The number of esters is 1. The lowest BCUT2D eigenvalue weighted by Crippen LogP contribution is -2.40. The van der Waals surface area contributed by atoms with Crippen LogP contribution in [-0.4, -0.2) is 29.8 Å². The summed E-state index contributed by atoms with van der Waals surface area (Å²) in [6.07, 6.45) is 3.54. The lowest BCUT2D eigenvalue weighted by Gasteiger charge is -2.26. The summed E-state index contributed by atoms with van der Waals surface area (Å²) in [6, 6.07) is 24.3. The fourth-order valence-corrected chi connectivity index (χ4v) is 4.43. The molecule has 0 saturated heterocycles. The summed E-state index contributed by atoms with van der Waals surface area (Å²) >= 11 is 0. The van der Waals surface area contributed by atoms with Gasteiger partial charge in [0.05, 0.1) is 18.9 Å². The normalized spacial score (nSPS) is 11.3. The van der Waals surface area contributed by atoms with Crippen LogP contribution in [0.1, 0.15) is 57.6 Å². The highest BCUT2D eigenvalue weighted by Gasteiger charge is 2.32. The van der Waals surface area contributed by atoms with Crippen molar-refractivity contribution in [2.24, 2.45) is 0 Å². The number of carbonyl (C=O) groups excluding carboxylic acids is 1. The minimum atomic E-state index is -1.11. The van der Waals surface area contributed by atoms with E-state index in [0.29, 0.717) is 37.0 Å². The van der Waals surface area contributed by atoms with Gasteiger partial charge in [-0.2, -0.15) is 0 Å². The molecule has 4 aromatic rings. The molecule has 6 nitrogen and oxygen atoms in total. The minimum Gasteiger partial charge on any atom is -0.493 e. The standard InChI is InChI=1S/C34H39NO5/c1-6-8-13-26-18-19-29(23-31(26)40-34(4,5)33(36)37-7-2)38-21-20-30-24(3)39-32(35-30)28-17-12-16-27(22-28)25-14-10-9-11-15-25/h9-12,14-19,22-23H,6-8,13,20-21H2,1-5H3. The Morgan fingerprint density at radius 1 is 0.900 bits per heavy atom. The monoisotopic (exact) mass is 541 g/mol. The van der Waals surface area contributed by atoms with E-state index < -0.39 is 11.6 Å². The van der Waals surface area contributed by atoms with Crippen LogP contribution in [0.5, 0.6) is 11.5 Å². The van der Waals surface area contributed by atoms with Crippen LogP contribution in [0.15, 0.2) is 77.2 Å². The number of oxazole rings is 1. The molecular weight excluding hydrogens is 502 g/mol. The summed E-state index contributed by atoms with van der Waals surface area (Å²) in [5.74, 6) is 2.30. The van der Waals surface area contributed by atoms with Gasteiger partial charge in [0, 0.05) is 18.1 Å². The fraction of sp³-hybridized carbons (Fsp3) is 0.353. The van der Waals surface area contributed by atoms with Gasteiger partial charge in [0.25, 0.3) is 0 Å². The molecular formula is C34H39NO5. The third-order valence-electron chi connectivity index (χ3n) is 6.69. The van der Waals surface area contributed by atoms with Gasteiger partial charge in [0.1, 0.15) is 17.3 Å². The number of ether oxygens (including phenoxy) is 3. The van der Waals surface area contributed by atoms with Crippen LogP contribution in [-0.2, 0) is 22.4 Å². The Balaban J connectivity index is 1.45. The fourth-order valence-electron chi connectivity index (χ4n) is 4.43. The van der Waals surface area contributed by atoms with Crippen LogP contribution < -0.4 is 9.47 Å². The van der Waals surface area contributed by atoms with Gasteiger partial charge < -0.3 is 18.6 Å². The number of hydrogen-bond donors (Lipinski definition) is 0. The van der Waals surface area contributed by atoms with E-state index in [4.69, 9.17) is 23.6 Å². The molecule has 0 saturated carbocycles. The average Bonchev–Trinajstić information content (AvgIpc) is 3.33. The van der Waals surface area contributed by atoms with Gasteiger partial charge in [0.2, 0.25) is 5.89 Å². The number of aryl methyl sites for hydroxylation is 2. The van der Waals surface area contributed by atoms with Gasteiger partial charge in [-0.1, -0.05) is 61.9 Å². The molecule has 0 aliphatic heterocycles. The summed E-state index contributed by atoms with van der Waals surface area (Å²) in [4.78, 5) is 17.2. The summed E-state index contributed by atoms with van der Waals surface area (Å²) in [6.45, 7) is 10.0. The number of nitrogens with zero attached hydrogens (tertiary/aromatic N) is 1. The smallest absolute Gasteiger partial charge is 0.349 e. The van der Waals surface area contributed by atoms with Crippen molar-refractivity contribution >= 4 is 5.97 Å². The van der Waals surface area contributed by atoms with E-state index in [1.807, 2.05) is 55.5 Å². The van der Waals surface area contributed by atoms with Gasteiger partial charge >= 0.3 is 5.97 Å². The molecule has 210 valence electrons. The Hall–Kier alpha value is -4.06. The van der Waals surface area contributed by atoms with Crippen LogP contribution >= 0.6 is 0 Å². The maximum Gasteiger partial charge on any atom is 0.349 e. The van der Waals surface area contributed by atoms with E-state index in [1.54, 1.807) is 20.8 Å². The van der Waals surface area contributed by atoms with Crippen LogP contribution in [0.25, 0.3) is 22.6 Å². The molecule has 0 aliphatic carbocycles. The molecule has 0 atom stereocenters. The van der Waals surface area contributed by atoms with Crippen molar-refractivity contribution in [2.45, 2.75) is 65.9 Å². The van der Waals surface area contributed by atoms with Crippen LogP contribution in [0, 0.1) is 6.92 Å². The SMILES string of the molecule is CCCCc1ccc(OCCc2nc(-c3cccc(-c4ccccc4)c3)oc2C)cc1OC(C)(C)C(=O)OCC. The third kappa shape index (κ3) is 7.32. The quantitative estimate of drug-likeness (QED) is 0.160. The van der Waals surface area contributed by atoms with E-state index in [9.17, 15) is 4.79 Å². The average molecular weight is 542 g/mol. The number of benzene rings is 3. The van der Waals surface area contributed by atoms with Crippen LogP contribution in [0.2, 0.25) is 0 Å². The molecule has 4 rings (SSSR count). The summed E-state index contributed by atoms with van der Waals surface area (Å²) in [5.41, 5.74) is 3.99. The predicted molar refractivity (Wildman–Crippen MR) is 158 cm³/mol. The van der Waals surface area contributed by atoms with Crippen molar-refractivity contribution in [3.05, 3.63) is 89.8 Å². The molecule has 0 amide bonds. The maximum atomic E-state index is 12.4. The molecule has 1 heterocycles. The largest absolute Gasteiger partial charge is 0.493 e. The number of rotatable bonds is 13. The zero-order valence-corrected chi connectivity index (χ0v) is 24.2. The van der Waals surface area contributed by atoms with Gasteiger partial charge in [-0.05, 0) is 75.4 Å². The first-order valence-corrected chi connectivity index (χ1v) is 14.0. The van der Waals surface area contributed by atoms with Gasteiger partial charge in [-0.25, -0.2) is 9.78 Å². The summed E-state index contributed by atoms with van der Waals surface area (Å²) < 4.78 is 23.5. The number of unbranched alkanes of at least 4 members (excludes halogenated alkanes) is 1. The Kier molecular flexibility index (Phi) is 9.65. The van der Waals surface area contributed by atoms with E-state index in [2.05, 4.69) is 31.2 Å². The Bertz CT molecular complexity index is 1410. The van der Waals surface area contributed by atoms with Crippen LogP contribution in [0.3, 0.4) is 0 Å². The molecule has 0 bridgehead atoms. The topological polar surface area (TPSA) is 70.8 Å². The van der Waals surface area contributed by atoms with Crippen molar-refractivity contribution in [3.8, 4) is 34.1 Å². The highest BCUT2D eigenvalue weighted by Crippen LogP contribution is 2.31. The third-order valence-corrected chi connectivity index (χ3v) is 6.69. The van der Waals surface area contributed by atoms with Gasteiger partial charge in [0.15, 0.2) is 5.60 Å². The number of aromatic nitrogens is 1. The Labute approximate surface area is 237 Å². The van der Waals surface area contributed by atoms with Crippen molar-refractivity contribution < 1.29 is 23.4 Å². The van der Waals surface area contributed by atoms with E-state index in [-0.39, 0.29) is 0 Å². The van der Waals surface area contributed by atoms with E-state index in [1.165, 1.54) is 0 Å². The predicted octanol–water partition coefficient (Wildman–Crippen LogP) is 8.00. The lowest BCUT2D eigenvalue weighted by molar-refractivity contribution is -0.158. The zero-order valence-electron chi connectivity index (χ0n) is 24.2. The zero-order chi connectivity index (χ0) is 28.5. The number of hydrogen-bond acceptors (Lipinski definition) is 6. The molecule has 0 aliphatic rings. The molecule has 0 radical (unpaired) electrons. The molecule has 1 aromatic heterocycles. The second kappa shape index (κ2) is 13.3. The second-order valence-electron chi connectivity index (χ2n) is 10.3.